The number of hydrogen-bond acceptors (Lipinski definition) is 2. The quantitative estimate of drug-likeness (QED) is 0.543. The Morgan fingerprint density at radius 2 is 2.25 bits per heavy atom. The van der Waals surface area contributed by atoms with Crippen molar-refractivity contribution in [3.8, 4) is 0 Å². The molecule has 3 nitrogen and oxygen atoms in total. The summed E-state index contributed by atoms with van der Waals surface area (Å²) in [6.45, 7) is -0.994. The fourth-order valence-corrected chi connectivity index (χ4v) is 0.256. The van der Waals surface area contributed by atoms with Gasteiger partial charge in [-0.1, -0.05) is 0 Å². The summed E-state index contributed by atoms with van der Waals surface area (Å²) in [5.41, 5.74) is 0. The Morgan fingerprint density at radius 1 is 1.75 bits per heavy atom. The van der Waals surface area contributed by atoms with Crippen LogP contribution in [-0.2, 0) is 4.79 Å². The minimum Gasteiger partial charge on any atom is -0.481 e. The molecule has 0 unspecified atom stereocenters. The molecule has 0 aromatic rings. The molecule has 0 aromatic carbocycles. The first kappa shape index (κ1) is 7.36. The molecule has 0 rings (SSSR count). The fourth-order valence-electron chi connectivity index (χ4n) is 0.256. The van der Waals surface area contributed by atoms with Crippen molar-refractivity contribution in [2.75, 3.05) is 6.67 Å². The number of carbonyl (C=O) groups is 1. The first-order valence-electron chi connectivity index (χ1n) is 2.12. The van der Waals surface area contributed by atoms with Crippen molar-refractivity contribution >= 4 is 5.97 Å². The summed E-state index contributed by atoms with van der Waals surface area (Å²) in [6.07, 6.45) is -1.86. The highest BCUT2D eigenvalue weighted by Gasteiger charge is 2.06. The zero-order valence-corrected chi connectivity index (χ0v) is 4.17. The Balaban J connectivity index is 3.24. The highest BCUT2D eigenvalue weighted by molar-refractivity contribution is 5.67. The molecule has 0 aromatic heterocycles. The van der Waals surface area contributed by atoms with Gasteiger partial charge in [0.1, 0.15) is 6.67 Å². The molecule has 8 heavy (non-hydrogen) atoms. The number of halogens is 1. The van der Waals surface area contributed by atoms with E-state index in [9.17, 15) is 9.18 Å². The second-order valence-corrected chi connectivity index (χ2v) is 1.41. The van der Waals surface area contributed by atoms with Gasteiger partial charge in [-0.2, -0.15) is 0 Å². The maximum Gasteiger partial charge on any atom is 0.306 e. The van der Waals surface area contributed by atoms with E-state index in [2.05, 4.69) is 0 Å². The Hall–Kier alpha value is -0.640. The lowest BCUT2D eigenvalue weighted by atomic mass is 10.3. The van der Waals surface area contributed by atoms with Crippen molar-refractivity contribution in [1.82, 2.24) is 0 Å². The molecule has 0 heterocycles. The second-order valence-electron chi connectivity index (χ2n) is 1.41. The summed E-state index contributed by atoms with van der Waals surface area (Å²) in [6, 6.07) is 0. The number of carboxylic acids is 1. The molecule has 2 N–H and O–H groups in total. The van der Waals surface area contributed by atoms with Gasteiger partial charge in [0.2, 0.25) is 0 Å². The maximum absolute atomic E-state index is 11.2. The third kappa shape index (κ3) is 3.55. The van der Waals surface area contributed by atoms with Crippen LogP contribution in [0.15, 0.2) is 0 Å². The fraction of sp³-hybridized carbons (Fsp3) is 0.750. The topological polar surface area (TPSA) is 57.5 Å². The summed E-state index contributed by atoms with van der Waals surface area (Å²) in [7, 11) is 0. The van der Waals surface area contributed by atoms with E-state index in [1.54, 1.807) is 0 Å². The first-order valence-corrected chi connectivity index (χ1v) is 2.12. The van der Waals surface area contributed by atoms with E-state index >= 15 is 0 Å². The van der Waals surface area contributed by atoms with Gasteiger partial charge in [-0.15, -0.1) is 0 Å². The molecular weight excluding hydrogens is 114 g/mol. The van der Waals surface area contributed by atoms with Gasteiger partial charge in [0.15, 0.2) is 0 Å². The molecular formula is C4H7FO3. The molecule has 0 saturated carbocycles. The van der Waals surface area contributed by atoms with E-state index in [0.717, 1.165) is 0 Å². The molecule has 0 spiro atoms. The van der Waals surface area contributed by atoms with Gasteiger partial charge in [0.05, 0.1) is 12.5 Å². The summed E-state index contributed by atoms with van der Waals surface area (Å²) in [4.78, 5) is 9.64. The molecule has 0 amide bonds. The Labute approximate surface area is 45.7 Å². The van der Waals surface area contributed by atoms with Crippen LogP contribution >= 0.6 is 0 Å². The Kier molecular flexibility index (Phi) is 3.10. The minimum atomic E-state index is -1.34. The molecule has 4 heteroatoms. The summed E-state index contributed by atoms with van der Waals surface area (Å²) in [5, 5.41) is 16.2. The molecule has 48 valence electrons. The Bertz CT molecular complexity index is 83.4. The van der Waals surface area contributed by atoms with Gasteiger partial charge in [0, 0.05) is 0 Å². The van der Waals surface area contributed by atoms with Crippen LogP contribution in [0.4, 0.5) is 4.39 Å². The van der Waals surface area contributed by atoms with Crippen LogP contribution in [0.2, 0.25) is 0 Å². The highest BCUT2D eigenvalue weighted by atomic mass is 18.2. The number of carboxylic acid groups (broad SMARTS) is 1. The van der Waals surface area contributed by atoms with Gasteiger partial charge in [-0.3, -0.25) is 4.79 Å². The zero-order chi connectivity index (χ0) is 6.57. The average Bonchev–Trinajstić information content (AvgIpc) is 1.65. The van der Waals surface area contributed by atoms with Crippen LogP contribution < -0.4 is 0 Å². The number of aliphatic hydroxyl groups is 1. The van der Waals surface area contributed by atoms with Crippen molar-refractivity contribution in [2.45, 2.75) is 12.5 Å². The summed E-state index contributed by atoms with van der Waals surface area (Å²) >= 11 is 0. The lowest BCUT2D eigenvalue weighted by Gasteiger charge is -1.97. The van der Waals surface area contributed by atoms with Crippen LogP contribution in [0.5, 0.6) is 0 Å². The lowest BCUT2D eigenvalue weighted by molar-refractivity contribution is -0.139. The van der Waals surface area contributed by atoms with E-state index < -0.39 is 25.2 Å². The van der Waals surface area contributed by atoms with E-state index in [-0.39, 0.29) is 0 Å². The van der Waals surface area contributed by atoms with Crippen LogP contribution in [0.1, 0.15) is 6.42 Å². The second kappa shape index (κ2) is 3.37. The minimum absolute atomic E-state index is 0.517. The predicted octanol–water partition coefficient (Wildman–Crippen LogP) is -0.209. The molecule has 0 radical (unpaired) electrons. The summed E-state index contributed by atoms with van der Waals surface area (Å²) in [5.74, 6) is -1.19. The van der Waals surface area contributed by atoms with Crippen LogP contribution in [0.3, 0.4) is 0 Å². The third-order valence-corrected chi connectivity index (χ3v) is 0.588. The molecule has 0 aliphatic carbocycles. The van der Waals surface area contributed by atoms with E-state index in [4.69, 9.17) is 10.2 Å². The molecule has 0 fully saturated rings. The predicted molar refractivity (Wildman–Crippen MR) is 24.2 cm³/mol. The number of aliphatic carboxylic acids is 1. The van der Waals surface area contributed by atoms with Gasteiger partial charge in [-0.05, 0) is 0 Å². The smallest absolute Gasteiger partial charge is 0.306 e. The van der Waals surface area contributed by atoms with Crippen LogP contribution in [0, 0.1) is 0 Å². The monoisotopic (exact) mass is 121 g/mol. The van der Waals surface area contributed by atoms with Crippen molar-refractivity contribution in [2.24, 2.45) is 0 Å². The molecule has 0 bridgehead atoms. The van der Waals surface area contributed by atoms with Crippen molar-refractivity contribution < 1.29 is 19.4 Å². The third-order valence-electron chi connectivity index (χ3n) is 0.588. The standard InChI is InChI=1S/C4H7FO3/c5-2-3(6)1-4(7)8/h3,6H,1-2H2,(H,7,8)/t3-/m1/s1/i5-1. The van der Waals surface area contributed by atoms with Gasteiger partial charge >= 0.3 is 5.97 Å². The lowest BCUT2D eigenvalue weighted by Crippen LogP contribution is -2.14. The zero-order valence-electron chi connectivity index (χ0n) is 4.17. The van der Waals surface area contributed by atoms with E-state index in [1.165, 1.54) is 0 Å². The molecule has 0 aliphatic rings. The van der Waals surface area contributed by atoms with Crippen LogP contribution in [-0.4, -0.2) is 29.0 Å². The van der Waals surface area contributed by atoms with Crippen molar-refractivity contribution in [1.29, 1.82) is 0 Å². The van der Waals surface area contributed by atoms with Crippen molar-refractivity contribution in [3.05, 3.63) is 0 Å². The van der Waals surface area contributed by atoms with Crippen LogP contribution in [0.25, 0.3) is 0 Å². The molecule has 0 aliphatic heterocycles. The highest BCUT2D eigenvalue weighted by Crippen LogP contribution is 1.90. The van der Waals surface area contributed by atoms with Gasteiger partial charge in [-0.25, -0.2) is 4.39 Å². The van der Waals surface area contributed by atoms with Gasteiger partial charge < -0.3 is 10.2 Å². The number of aliphatic hydroxyl groups excluding tert-OH is 1. The molecule has 0 saturated heterocycles. The maximum atomic E-state index is 11.2. The average molecular weight is 121 g/mol. The van der Waals surface area contributed by atoms with E-state index in [1.807, 2.05) is 0 Å². The Morgan fingerprint density at radius 3 is 2.38 bits per heavy atom. The number of rotatable bonds is 3. The van der Waals surface area contributed by atoms with Gasteiger partial charge in [0.25, 0.3) is 0 Å². The number of hydrogen-bond donors (Lipinski definition) is 2. The normalized spacial score (nSPS) is 13.2. The first-order chi connectivity index (χ1) is 3.66. The summed E-state index contributed by atoms with van der Waals surface area (Å²) < 4.78 is 11.2. The van der Waals surface area contributed by atoms with E-state index in [0.29, 0.717) is 0 Å². The number of alkyl halides is 1. The largest absolute Gasteiger partial charge is 0.481 e. The van der Waals surface area contributed by atoms with Crippen molar-refractivity contribution in [3.63, 3.8) is 0 Å². The SMILES string of the molecule is O=C(O)C[C@@H](O)C[18F]. The molecule has 1 atom stereocenters.